The molecule has 10 heteroatoms. The molecule has 0 N–H and O–H groups in total. The van der Waals surface area contributed by atoms with Crippen molar-refractivity contribution < 1.29 is 17.9 Å². The normalized spacial score (nSPS) is 14.0. The first-order chi connectivity index (χ1) is 18.5. The fraction of sp³-hybridized carbons (Fsp3) is 0.379. The average molecular weight is 540 g/mol. The Balaban J connectivity index is 1.90. The van der Waals surface area contributed by atoms with Crippen molar-refractivity contribution in [3.63, 3.8) is 0 Å². The summed E-state index contributed by atoms with van der Waals surface area (Å²) in [5.74, 6) is 0.182. The molecule has 0 aliphatic carbocycles. The molecule has 0 atom stereocenters. The summed E-state index contributed by atoms with van der Waals surface area (Å²) in [6.07, 6.45) is -2.75. The summed E-state index contributed by atoms with van der Waals surface area (Å²) in [4.78, 5) is 24.4. The number of alkyl halides is 3. The van der Waals surface area contributed by atoms with Crippen molar-refractivity contribution in [2.75, 3.05) is 25.1 Å². The van der Waals surface area contributed by atoms with Crippen LogP contribution >= 0.6 is 0 Å². The lowest BCUT2D eigenvalue weighted by atomic mass is 10.0. The number of ether oxygens (including phenoxy) is 1. The first-order valence-corrected chi connectivity index (χ1v) is 12.9. The van der Waals surface area contributed by atoms with E-state index in [1.54, 1.807) is 25.1 Å². The number of hydrogen-bond donors (Lipinski definition) is 0. The molecule has 206 valence electrons. The quantitative estimate of drug-likeness (QED) is 0.333. The molecule has 0 spiro atoms. The summed E-state index contributed by atoms with van der Waals surface area (Å²) in [5, 5.41) is 3.64. The first-order valence-electron chi connectivity index (χ1n) is 12.9. The summed E-state index contributed by atoms with van der Waals surface area (Å²) >= 11 is 0. The van der Waals surface area contributed by atoms with Crippen LogP contribution in [0.4, 0.5) is 24.5 Å². The Bertz CT molecular complexity index is 1520. The average Bonchev–Trinajstić information content (AvgIpc) is 3.27. The highest BCUT2D eigenvalue weighted by Crippen LogP contribution is 2.34. The van der Waals surface area contributed by atoms with Crippen molar-refractivity contribution in [1.82, 2.24) is 9.66 Å². The molecule has 39 heavy (non-hydrogen) atoms. The van der Waals surface area contributed by atoms with Crippen LogP contribution < -0.4 is 15.2 Å². The van der Waals surface area contributed by atoms with Crippen molar-refractivity contribution in [3.8, 4) is 17.0 Å². The van der Waals surface area contributed by atoms with E-state index in [0.717, 1.165) is 37.2 Å². The number of fused-ring (bicyclic) bond motifs is 1. The predicted molar refractivity (Wildman–Crippen MR) is 149 cm³/mol. The number of nitrogens with zero attached hydrogens (tertiary/aromatic N) is 5. The van der Waals surface area contributed by atoms with Crippen molar-refractivity contribution in [3.05, 3.63) is 69.3 Å². The van der Waals surface area contributed by atoms with Gasteiger partial charge in [-0.3, -0.25) is 4.79 Å². The molecule has 1 aromatic heterocycles. The van der Waals surface area contributed by atoms with E-state index in [-0.39, 0.29) is 17.1 Å². The third-order valence-electron chi connectivity index (χ3n) is 6.74. The van der Waals surface area contributed by atoms with Crippen LogP contribution in [0.5, 0.6) is 5.75 Å². The number of anilines is 1. The predicted octanol–water partition coefficient (Wildman–Crippen LogP) is 6.37. The van der Waals surface area contributed by atoms with E-state index in [0.29, 0.717) is 27.2 Å². The monoisotopic (exact) mass is 539 g/mol. The second-order valence-corrected chi connectivity index (χ2v) is 9.54. The van der Waals surface area contributed by atoms with Gasteiger partial charge in [0, 0.05) is 29.9 Å². The molecule has 0 bridgehead atoms. The Kier molecular flexibility index (Phi) is 7.94. The highest BCUT2D eigenvalue weighted by Gasteiger charge is 2.45. The summed E-state index contributed by atoms with van der Waals surface area (Å²) in [7, 11) is 1.48. The van der Waals surface area contributed by atoms with Gasteiger partial charge >= 0.3 is 6.18 Å². The van der Waals surface area contributed by atoms with Crippen LogP contribution in [-0.2, 0) is 0 Å². The minimum atomic E-state index is -4.85. The third-order valence-corrected chi connectivity index (χ3v) is 6.74. The van der Waals surface area contributed by atoms with Crippen molar-refractivity contribution in [1.29, 1.82) is 0 Å². The fourth-order valence-corrected chi connectivity index (χ4v) is 4.56. The van der Waals surface area contributed by atoms with Gasteiger partial charge in [-0.25, -0.2) is 9.98 Å². The second kappa shape index (κ2) is 11.0. The van der Waals surface area contributed by atoms with E-state index >= 15 is 0 Å². The molecule has 1 aliphatic rings. The van der Waals surface area contributed by atoms with Gasteiger partial charge in [-0.05, 0) is 70.0 Å². The Morgan fingerprint density at radius 1 is 1.08 bits per heavy atom. The lowest BCUT2D eigenvalue weighted by Gasteiger charge is -2.23. The molecule has 4 rings (SSSR count). The summed E-state index contributed by atoms with van der Waals surface area (Å²) in [6, 6.07) is 10.8. The van der Waals surface area contributed by atoms with Gasteiger partial charge < -0.3 is 9.64 Å². The maximum absolute atomic E-state index is 14.2. The zero-order valence-electron chi connectivity index (χ0n) is 23.0. The fourth-order valence-electron chi connectivity index (χ4n) is 4.56. The smallest absolute Gasteiger partial charge is 0.437 e. The van der Waals surface area contributed by atoms with Gasteiger partial charge in [-0.2, -0.15) is 22.9 Å². The van der Waals surface area contributed by atoms with Gasteiger partial charge in [0.2, 0.25) is 0 Å². The zero-order chi connectivity index (χ0) is 28.5. The van der Waals surface area contributed by atoms with E-state index in [2.05, 4.69) is 33.8 Å². The van der Waals surface area contributed by atoms with Gasteiger partial charge in [-0.1, -0.05) is 25.0 Å². The molecule has 0 radical (unpaired) electrons. The number of aromatic nitrogens is 2. The molecule has 0 saturated heterocycles. The topological polar surface area (TPSA) is 72.1 Å². The minimum Gasteiger partial charge on any atom is -0.496 e. The highest BCUT2D eigenvalue weighted by molar-refractivity contribution is 6.51. The molecular formula is C29H32F3N5O2. The molecule has 2 heterocycles. The number of aryl methyl sites for hydroxylation is 2. The molecule has 7 nitrogen and oxygen atoms in total. The van der Waals surface area contributed by atoms with Gasteiger partial charge in [0.25, 0.3) is 5.56 Å². The maximum atomic E-state index is 14.2. The van der Waals surface area contributed by atoms with Crippen molar-refractivity contribution >= 4 is 22.8 Å². The number of unbranched alkanes of at least 4 members (excludes halogenated alkanes) is 1. The van der Waals surface area contributed by atoms with E-state index < -0.39 is 23.2 Å². The second-order valence-electron chi connectivity index (χ2n) is 9.54. The summed E-state index contributed by atoms with van der Waals surface area (Å²) in [6.45, 7) is 11.1. The first kappa shape index (κ1) is 28.1. The van der Waals surface area contributed by atoms with Crippen LogP contribution in [0.2, 0.25) is 0 Å². The SMILES string of the molecule is CCCCN(CC)c1ccc(/N=C2/C(C(F)(F)F)=Nn3c2nc(-c2cc(C)ccc2OC)c(C)c3=O)c(C)c1. The van der Waals surface area contributed by atoms with E-state index in [1.165, 1.54) is 14.0 Å². The molecule has 0 fully saturated rings. The number of halogens is 3. The number of methoxy groups -OCH3 is 1. The Labute approximate surface area is 225 Å². The number of rotatable bonds is 8. The van der Waals surface area contributed by atoms with Gasteiger partial charge in [0.05, 0.1) is 18.5 Å². The van der Waals surface area contributed by atoms with Crippen LogP contribution in [0.25, 0.3) is 11.3 Å². The molecule has 0 saturated carbocycles. The van der Waals surface area contributed by atoms with Crippen molar-refractivity contribution in [2.45, 2.75) is 53.6 Å². The van der Waals surface area contributed by atoms with E-state index in [9.17, 15) is 18.0 Å². The largest absolute Gasteiger partial charge is 0.496 e. The van der Waals surface area contributed by atoms with Crippen LogP contribution in [0.1, 0.15) is 49.2 Å². The highest BCUT2D eigenvalue weighted by atomic mass is 19.4. The standard InChI is InChI=1S/C29H32F3N5O2/c1-7-9-14-36(8-2)20-11-12-22(18(4)16-20)33-25-26(29(30,31)32)35-37-27(25)34-24(19(5)28(37)38)21-15-17(3)10-13-23(21)39-6/h10-13,15-16H,7-9,14H2,1-6H3/b33-25-. The van der Waals surface area contributed by atoms with Gasteiger partial charge in [-0.15, -0.1) is 0 Å². The van der Waals surface area contributed by atoms with Crippen LogP contribution in [0.3, 0.4) is 0 Å². The molecule has 2 aromatic carbocycles. The third kappa shape index (κ3) is 5.46. The van der Waals surface area contributed by atoms with Crippen LogP contribution in [0, 0.1) is 20.8 Å². The number of benzene rings is 2. The van der Waals surface area contributed by atoms with Crippen LogP contribution in [-0.4, -0.2) is 47.5 Å². The molecule has 3 aromatic rings. The minimum absolute atomic E-state index is 0.154. The summed E-state index contributed by atoms with van der Waals surface area (Å²) < 4.78 is 48.6. The Morgan fingerprint density at radius 2 is 1.82 bits per heavy atom. The summed E-state index contributed by atoms with van der Waals surface area (Å²) in [5.41, 5.74) is 1.31. The molecular weight excluding hydrogens is 507 g/mol. The zero-order valence-corrected chi connectivity index (χ0v) is 23.0. The number of hydrogen-bond acceptors (Lipinski definition) is 6. The van der Waals surface area contributed by atoms with Gasteiger partial charge in [0.15, 0.2) is 11.5 Å². The number of aliphatic imine (C=N–C) groups is 1. The molecule has 0 unspecified atom stereocenters. The van der Waals surface area contributed by atoms with Gasteiger partial charge in [0.1, 0.15) is 11.5 Å². The lowest BCUT2D eigenvalue weighted by molar-refractivity contribution is -0.0567. The maximum Gasteiger partial charge on any atom is 0.437 e. The van der Waals surface area contributed by atoms with E-state index in [1.807, 2.05) is 25.1 Å². The Hall–Kier alpha value is -3.95. The van der Waals surface area contributed by atoms with Crippen molar-refractivity contribution in [2.24, 2.45) is 10.1 Å². The molecule has 1 aliphatic heterocycles. The van der Waals surface area contributed by atoms with Crippen LogP contribution in [0.15, 0.2) is 51.3 Å². The lowest BCUT2D eigenvalue weighted by Crippen LogP contribution is -2.30. The Morgan fingerprint density at radius 3 is 2.44 bits per heavy atom. The van der Waals surface area contributed by atoms with E-state index in [4.69, 9.17) is 4.74 Å². The molecule has 0 amide bonds.